The SMILES string of the molecule is COCCOC(=O)c1nnn(Cc2ccccc2F)c1C. The third kappa shape index (κ3) is 3.63. The average molecular weight is 293 g/mol. The van der Waals surface area contributed by atoms with Gasteiger partial charge in [0, 0.05) is 12.7 Å². The standard InChI is InChI=1S/C14H16FN3O3/c1-10-13(14(19)21-8-7-20-2)16-17-18(10)9-11-5-3-4-6-12(11)15/h3-6H,7-9H2,1-2H3. The third-order valence-corrected chi connectivity index (χ3v) is 2.97. The Morgan fingerprint density at radius 2 is 2.10 bits per heavy atom. The fraction of sp³-hybridized carbons (Fsp3) is 0.357. The molecule has 0 aliphatic heterocycles. The Kier molecular flexibility index (Phi) is 4.99. The first-order chi connectivity index (χ1) is 10.1. The molecule has 2 aromatic rings. The van der Waals surface area contributed by atoms with E-state index in [1.165, 1.54) is 17.9 Å². The van der Waals surface area contributed by atoms with Crippen molar-refractivity contribution in [3.63, 3.8) is 0 Å². The van der Waals surface area contributed by atoms with Gasteiger partial charge >= 0.3 is 5.97 Å². The normalized spacial score (nSPS) is 10.6. The summed E-state index contributed by atoms with van der Waals surface area (Å²) in [5.41, 5.74) is 1.13. The summed E-state index contributed by atoms with van der Waals surface area (Å²) in [7, 11) is 1.52. The summed E-state index contributed by atoms with van der Waals surface area (Å²) in [5, 5.41) is 7.66. The average Bonchev–Trinajstić information content (AvgIpc) is 2.83. The molecule has 1 aromatic heterocycles. The van der Waals surface area contributed by atoms with E-state index in [1.807, 2.05) is 0 Å². The number of benzene rings is 1. The van der Waals surface area contributed by atoms with E-state index in [0.29, 0.717) is 17.9 Å². The number of carbonyl (C=O) groups is 1. The minimum absolute atomic E-state index is 0.127. The van der Waals surface area contributed by atoms with Crippen molar-refractivity contribution in [2.75, 3.05) is 20.3 Å². The Hall–Kier alpha value is -2.28. The molecule has 0 saturated heterocycles. The van der Waals surface area contributed by atoms with E-state index in [9.17, 15) is 9.18 Å². The van der Waals surface area contributed by atoms with Crippen LogP contribution in [0, 0.1) is 12.7 Å². The van der Waals surface area contributed by atoms with Crippen LogP contribution in [0.1, 0.15) is 21.7 Å². The van der Waals surface area contributed by atoms with Crippen molar-refractivity contribution in [1.82, 2.24) is 15.0 Å². The highest BCUT2D eigenvalue weighted by molar-refractivity contribution is 5.88. The maximum absolute atomic E-state index is 13.6. The molecule has 0 fully saturated rings. The Labute approximate surface area is 121 Å². The quantitative estimate of drug-likeness (QED) is 0.597. The molecule has 0 bridgehead atoms. The minimum atomic E-state index is -0.565. The molecule has 0 N–H and O–H groups in total. The number of carbonyl (C=O) groups excluding carboxylic acids is 1. The summed E-state index contributed by atoms with van der Waals surface area (Å²) < 4.78 is 24.9. The van der Waals surface area contributed by atoms with Gasteiger partial charge in [0.15, 0.2) is 5.69 Å². The zero-order valence-electron chi connectivity index (χ0n) is 11.9. The van der Waals surface area contributed by atoms with Crippen LogP contribution in [0.3, 0.4) is 0 Å². The maximum Gasteiger partial charge on any atom is 0.360 e. The minimum Gasteiger partial charge on any atom is -0.458 e. The van der Waals surface area contributed by atoms with E-state index in [1.54, 1.807) is 25.1 Å². The molecule has 0 radical (unpaired) electrons. The molecule has 6 nitrogen and oxygen atoms in total. The van der Waals surface area contributed by atoms with Gasteiger partial charge in [-0.25, -0.2) is 13.9 Å². The summed E-state index contributed by atoms with van der Waals surface area (Å²) in [5.74, 6) is -0.888. The molecule has 21 heavy (non-hydrogen) atoms. The molecule has 0 unspecified atom stereocenters. The summed E-state index contributed by atoms with van der Waals surface area (Å²) in [6.07, 6.45) is 0. The lowest BCUT2D eigenvalue weighted by molar-refractivity contribution is 0.0380. The molecule has 2 rings (SSSR count). The lowest BCUT2D eigenvalue weighted by Gasteiger charge is -2.05. The van der Waals surface area contributed by atoms with E-state index in [4.69, 9.17) is 9.47 Å². The third-order valence-electron chi connectivity index (χ3n) is 2.97. The fourth-order valence-electron chi connectivity index (χ4n) is 1.77. The second kappa shape index (κ2) is 6.94. The van der Waals surface area contributed by atoms with E-state index in [2.05, 4.69) is 10.3 Å². The molecule has 0 aliphatic carbocycles. The van der Waals surface area contributed by atoms with E-state index in [0.717, 1.165) is 0 Å². The predicted molar refractivity (Wildman–Crippen MR) is 72.4 cm³/mol. The smallest absolute Gasteiger partial charge is 0.360 e. The second-order valence-corrected chi connectivity index (χ2v) is 4.40. The van der Waals surface area contributed by atoms with Crippen LogP contribution in [-0.2, 0) is 16.0 Å². The zero-order valence-corrected chi connectivity index (χ0v) is 11.9. The van der Waals surface area contributed by atoms with E-state index >= 15 is 0 Å². The van der Waals surface area contributed by atoms with Crippen LogP contribution in [0.25, 0.3) is 0 Å². The van der Waals surface area contributed by atoms with Crippen LogP contribution < -0.4 is 0 Å². The van der Waals surface area contributed by atoms with Gasteiger partial charge in [-0.2, -0.15) is 0 Å². The molecular formula is C14H16FN3O3. The van der Waals surface area contributed by atoms with Crippen molar-refractivity contribution in [1.29, 1.82) is 0 Å². The lowest BCUT2D eigenvalue weighted by Crippen LogP contribution is -2.12. The monoisotopic (exact) mass is 293 g/mol. The molecule has 0 aliphatic rings. The molecule has 1 heterocycles. The number of halogens is 1. The van der Waals surface area contributed by atoms with Crippen LogP contribution in [0.4, 0.5) is 4.39 Å². The molecular weight excluding hydrogens is 277 g/mol. The second-order valence-electron chi connectivity index (χ2n) is 4.40. The number of hydrogen-bond donors (Lipinski definition) is 0. The number of rotatable bonds is 6. The highest BCUT2D eigenvalue weighted by atomic mass is 19.1. The van der Waals surface area contributed by atoms with Crippen LogP contribution in [0.5, 0.6) is 0 Å². The molecule has 0 saturated carbocycles. The summed E-state index contributed by atoms with van der Waals surface area (Å²) in [4.78, 5) is 11.8. The first-order valence-corrected chi connectivity index (χ1v) is 6.43. The molecule has 0 amide bonds. The highest BCUT2D eigenvalue weighted by Gasteiger charge is 2.18. The number of methoxy groups -OCH3 is 1. The van der Waals surface area contributed by atoms with Crippen LogP contribution >= 0.6 is 0 Å². The largest absolute Gasteiger partial charge is 0.458 e. The topological polar surface area (TPSA) is 66.2 Å². The van der Waals surface area contributed by atoms with Crippen molar-refractivity contribution < 1.29 is 18.7 Å². The number of aromatic nitrogens is 3. The van der Waals surface area contributed by atoms with Gasteiger partial charge in [-0.15, -0.1) is 5.10 Å². The molecule has 0 spiro atoms. The molecule has 7 heteroatoms. The van der Waals surface area contributed by atoms with Crippen molar-refractivity contribution in [3.05, 3.63) is 47.0 Å². The lowest BCUT2D eigenvalue weighted by atomic mass is 10.2. The first-order valence-electron chi connectivity index (χ1n) is 6.43. The Bertz CT molecular complexity index is 628. The maximum atomic E-state index is 13.6. The Morgan fingerprint density at radius 3 is 2.81 bits per heavy atom. The van der Waals surface area contributed by atoms with Gasteiger partial charge in [-0.05, 0) is 13.0 Å². The van der Waals surface area contributed by atoms with Crippen molar-refractivity contribution in [2.24, 2.45) is 0 Å². The number of nitrogens with zero attached hydrogens (tertiary/aromatic N) is 3. The molecule has 1 aromatic carbocycles. The van der Waals surface area contributed by atoms with Gasteiger partial charge in [-0.3, -0.25) is 0 Å². The summed E-state index contributed by atoms with van der Waals surface area (Å²) in [6.45, 7) is 2.35. The summed E-state index contributed by atoms with van der Waals surface area (Å²) in [6, 6.07) is 6.39. The zero-order chi connectivity index (χ0) is 15.2. The predicted octanol–water partition coefficient (Wildman–Crippen LogP) is 1.58. The van der Waals surface area contributed by atoms with E-state index in [-0.39, 0.29) is 24.7 Å². The van der Waals surface area contributed by atoms with Crippen molar-refractivity contribution >= 4 is 5.97 Å². The first kappa shape index (κ1) is 15.1. The van der Waals surface area contributed by atoms with Gasteiger partial charge in [0.2, 0.25) is 0 Å². The number of hydrogen-bond acceptors (Lipinski definition) is 5. The summed E-state index contributed by atoms with van der Waals surface area (Å²) >= 11 is 0. The van der Waals surface area contributed by atoms with Crippen LogP contribution in [-0.4, -0.2) is 41.3 Å². The van der Waals surface area contributed by atoms with Gasteiger partial charge < -0.3 is 9.47 Å². The van der Waals surface area contributed by atoms with Gasteiger partial charge in [0.1, 0.15) is 12.4 Å². The molecule has 0 atom stereocenters. The van der Waals surface area contributed by atoms with Crippen LogP contribution in [0.15, 0.2) is 24.3 Å². The van der Waals surface area contributed by atoms with Gasteiger partial charge in [0.25, 0.3) is 0 Å². The number of esters is 1. The Balaban J connectivity index is 2.10. The van der Waals surface area contributed by atoms with Crippen LogP contribution in [0.2, 0.25) is 0 Å². The van der Waals surface area contributed by atoms with E-state index < -0.39 is 5.97 Å². The van der Waals surface area contributed by atoms with Crippen molar-refractivity contribution in [2.45, 2.75) is 13.5 Å². The number of ether oxygens (including phenoxy) is 2. The Morgan fingerprint density at radius 1 is 1.33 bits per heavy atom. The van der Waals surface area contributed by atoms with Gasteiger partial charge in [-0.1, -0.05) is 23.4 Å². The molecule has 112 valence electrons. The fourth-order valence-corrected chi connectivity index (χ4v) is 1.77. The highest BCUT2D eigenvalue weighted by Crippen LogP contribution is 2.11. The van der Waals surface area contributed by atoms with Gasteiger partial charge in [0.05, 0.1) is 18.8 Å². The van der Waals surface area contributed by atoms with Crippen molar-refractivity contribution in [3.8, 4) is 0 Å².